The number of likely N-dealkylation sites (N-methyl/N-ethyl adjacent to an activating group) is 2. The highest BCUT2D eigenvalue weighted by Gasteiger charge is 2.39. The molecule has 1 saturated carbocycles. The zero-order valence-corrected chi connectivity index (χ0v) is 7.20. The Balaban J connectivity index is 2.32. The van der Waals surface area contributed by atoms with Crippen LogP contribution in [0.1, 0.15) is 19.8 Å². The van der Waals surface area contributed by atoms with E-state index in [0.29, 0.717) is 5.54 Å². The van der Waals surface area contributed by atoms with E-state index in [-0.39, 0.29) is 0 Å². The second kappa shape index (κ2) is 2.89. The summed E-state index contributed by atoms with van der Waals surface area (Å²) in [4.78, 5) is 0. The van der Waals surface area contributed by atoms with Crippen molar-refractivity contribution in [1.29, 1.82) is 0 Å². The Kier molecular flexibility index (Phi) is 2.32. The lowest BCUT2D eigenvalue weighted by molar-refractivity contribution is 0.126. The van der Waals surface area contributed by atoms with Crippen molar-refractivity contribution >= 4 is 0 Å². The van der Waals surface area contributed by atoms with Crippen LogP contribution in [0.25, 0.3) is 0 Å². The first kappa shape index (κ1) is 8.02. The van der Waals surface area contributed by atoms with Gasteiger partial charge in [0.2, 0.25) is 0 Å². The highest BCUT2D eigenvalue weighted by Crippen LogP contribution is 2.36. The van der Waals surface area contributed by atoms with Crippen molar-refractivity contribution in [2.75, 3.05) is 20.6 Å². The molecule has 0 bridgehead atoms. The molecule has 60 valence electrons. The Bertz CT molecular complexity index is 100. The first-order valence-electron chi connectivity index (χ1n) is 4.06. The molecule has 0 aromatic rings. The maximum absolute atomic E-state index is 3.38. The van der Waals surface area contributed by atoms with Gasteiger partial charge in [-0.3, -0.25) is 0 Å². The van der Waals surface area contributed by atoms with Gasteiger partial charge in [0, 0.05) is 12.1 Å². The lowest BCUT2D eigenvalue weighted by atomic mass is 9.69. The average molecular weight is 142 g/mol. The van der Waals surface area contributed by atoms with E-state index >= 15 is 0 Å². The highest BCUT2D eigenvalue weighted by atomic mass is 15.0. The van der Waals surface area contributed by atoms with E-state index in [1.165, 1.54) is 12.8 Å². The SMILES string of the molecule is CNCC1(NC)CC(C)C1. The summed E-state index contributed by atoms with van der Waals surface area (Å²) in [5, 5.41) is 6.60. The molecule has 2 nitrogen and oxygen atoms in total. The summed E-state index contributed by atoms with van der Waals surface area (Å²) in [5.41, 5.74) is 0.425. The van der Waals surface area contributed by atoms with Crippen molar-refractivity contribution in [2.45, 2.75) is 25.3 Å². The Morgan fingerprint density at radius 2 is 2.00 bits per heavy atom. The van der Waals surface area contributed by atoms with E-state index in [1.54, 1.807) is 0 Å². The summed E-state index contributed by atoms with van der Waals surface area (Å²) in [6.45, 7) is 3.42. The van der Waals surface area contributed by atoms with E-state index in [0.717, 1.165) is 12.5 Å². The molecule has 1 aliphatic rings. The summed E-state index contributed by atoms with van der Waals surface area (Å²) >= 11 is 0. The van der Waals surface area contributed by atoms with Gasteiger partial charge in [-0.05, 0) is 32.9 Å². The maximum Gasteiger partial charge on any atom is 0.0308 e. The molecule has 1 fully saturated rings. The first-order chi connectivity index (χ1) is 4.72. The minimum Gasteiger partial charge on any atom is -0.318 e. The van der Waals surface area contributed by atoms with Crippen LogP contribution in [0.2, 0.25) is 0 Å². The van der Waals surface area contributed by atoms with Gasteiger partial charge in [0.25, 0.3) is 0 Å². The summed E-state index contributed by atoms with van der Waals surface area (Å²) in [6, 6.07) is 0. The third kappa shape index (κ3) is 1.32. The molecule has 2 N–H and O–H groups in total. The minimum atomic E-state index is 0.425. The van der Waals surface area contributed by atoms with Crippen LogP contribution in [0.3, 0.4) is 0 Å². The monoisotopic (exact) mass is 142 g/mol. The molecule has 0 aromatic carbocycles. The topological polar surface area (TPSA) is 24.1 Å². The number of hydrogen-bond donors (Lipinski definition) is 2. The highest BCUT2D eigenvalue weighted by molar-refractivity contribution is 4.99. The van der Waals surface area contributed by atoms with Crippen LogP contribution in [0.5, 0.6) is 0 Å². The van der Waals surface area contributed by atoms with Gasteiger partial charge in [0.05, 0.1) is 0 Å². The number of nitrogens with one attached hydrogen (secondary N) is 2. The van der Waals surface area contributed by atoms with Crippen molar-refractivity contribution in [3.63, 3.8) is 0 Å². The van der Waals surface area contributed by atoms with Crippen LogP contribution in [0.15, 0.2) is 0 Å². The lowest BCUT2D eigenvalue weighted by Crippen LogP contribution is -2.58. The summed E-state index contributed by atoms with van der Waals surface area (Å²) in [5.74, 6) is 0.917. The van der Waals surface area contributed by atoms with Gasteiger partial charge in [-0.15, -0.1) is 0 Å². The van der Waals surface area contributed by atoms with E-state index in [9.17, 15) is 0 Å². The Morgan fingerprint density at radius 1 is 1.40 bits per heavy atom. The molecular weight excluding hydrogens is 124 g/mol. The molecule has 10 heavy (non-hydrogen) atoms. The maximum atomic E-state index is 3.38. The van der Waals surface area contributed by atoms with Crippen LogP contribution < -0.4 is 10.6 Å². The van der Waals surface area contributed by atoms with Crippen molar-refractivity contribution in [1.82, 2.24) is 10.6 Å². The minimum absolute atomic E-state index is 0.425. The first-order valence-corrected chi connectivity index (χ1v) is 4.06. The standard InChI is InChI=1S/C8H18N2/c1-7-4-8(5-7,10-3)6-9-2/h7,9-10H,4-6H2,1-3H3. The van der Waals surface area contributed by atoms with Gasteiger partial charge < -0.3 is 10.6 Å². The second-order valence-electron chi connectivity index (χ2n) is 3.57. The molecule has 0 radical (unpaired) electrons. The Morgan fingerprint density at radius 3 is 2.30 bits per heavy atom. The van der Waals surface area contributed by atoms with Crippen molar-refractivity contribution < 1.29 is 0 Å². The smallest absolute Gasteiger partial charge is 0.0308 e. The zero-order chi connectivity index (χ0) is 7.61. The van der Waals surface area contributed by atoms with Crippen molar-refractivity contribution in [3.05, 3.63) is 0 Å². The predicted molar refractivity (Wildman–Crippen MR) is 44.1 cm³/mol. The van der Waals surface area contributed by atoms with Gasteiger partial charge in [-0.1, -0.05) is 6.92 Å². The normalized spacial score (nSPS) is 39.3. The van der Waals surface area contributed by atoms with Gasteiger partial charge in [-0.2, -0.15) is 0 Å². The number of hydrogen-bond acceptors (Lipinski definition) is 2. The number of rotatable bonds is 3. The predicted octanol–water partition coefficient (Wildman–Crippen LogP) is 0.594. The Labute approximate surface area is 63.4 Å². The summed E-state index contributed by atoms with van der Waals surface area (Å²) in [6.07, 6.45) is 2.65. The molecule has 2 heteroatoms. The molecule has 0 unspecified atom stereocenters. The average Bonchev–Trinajstić information content (AvgIpc) is 1.84. The van der Waals surface area contributed by atoms with Crippen LogP contribution >= 0.6 is 0 Å². The summed E-state index contributed by atoms with van der Waals surface area (Å²) < 4.78 is 0. The van der Waals surface area contributed by atoms with Crippen molar-refractivity contribution in [2.24, 2.45) is 5.92 Å². The fourth-order valence-electron chi connectivity index (χ4n) is 2.05. The fraction of sp³-hybridized carbons (Fsp3) is 1.00. The third-order valence-electron chi connectivity index (χ3n) is 2.52. The quantitative estimate of drug-likeness (QED) is 0.603. The van der Waals surface area contributed by atoms with Crippen LogP contribution in [-0.4, -0.2) is 26.2 Å². The van der Waals surface area contributed by atoms with E-state index in [4.69, 9.17) is 0 Å². The van der Waals surface area contributed by atoms with Gasteiger partial charge in [-0.25, -0.2) is 0 Å². The molecule has 0 saturated heterocycles. The summed E-state index contributed by atoms with van der Waals surface area (Å²) in [7, 11) is 4.07. The molecular formula is C8H18N2. The van der Waals surface area contributed by atoms with Gasteiger partial charge in [0.15, 0.2) is 0 Å². The van der Waals surface area contributed by atoms with Crippen LogP contribution in [0.4, 0.5) is 0 Å². The lowest BCUT2D eigenvalue weighted by Gasteiger charge is -2.46. The molecule has 1 rings (SSSR count). The molecule has 0 heterocycles. The van der Waals surface area contributed by atoms with E-state index in [2.05, 4.69) is 24.6 Å². The molecule has 1 aliphatic carbocycles. The molecule has 0 spiro atoms. The fourth-order valence-corrected chi connectivity index (χ4v) is 2.05. The van der Waals surface area contributed by atoms with Gasteiger partial charge in [0.1, 0.15) is 0 Å². The zero-order valence-electron chi connectivity index (χ0n) is 7.20. The molecule has 0 amide bonds. The third-order valence-corrected chi connectivity index (χ3v) is 2.52. The van der Waals surface area contributed by atoms with Crippen molar-refractivity contribution in [3.8, 4) is 0 Å². The molecule has 0 aromatic heterocycles. The Hall–Kier alpha value is -0.0800. The van der Waals surface area contributed by atoms with Crippen LogP contribution in [-0.2, 0) is 0 Å². The largest absolute Gasteiger partial charge is 0.318 e. The molecule has 0 aliphatic heterocycles. The van der Waals surface area contributed by atoms with Gasteiger partial charge >= 0.3 is 0 Å². The second-order valence-corrected chi connectivity index (χ2v) is 3.57. The van der Waals surface area contributed by atoms with E-state index in [1.807, 2.05) is 7.05 Å². The molecule has 0 atom stereocenters. The van der Waals surface area contributed by atoms with Crippen LogP contribution in [0, 0.1) is 5.92 Å². The van der Waals surface area contributed by atoms with E-state index < -0.39 is 0 Å².